The van der Waals surface area contributed by atoms with E-state index in [0.29, 0.717) is 0 Å². The van der Waals surface area contributed by atoms with Crippen molar-refractivity contribution in [3.63, 3.8) is 0 Å². The van der Waals surface area contributed by atoms with Gasteiger partial charge in [-0.05, 0) is 31.9 Å². The van der Waals surface area contributed by atoms with E-state index in [9.17, 15) is 0 Å². The first kappa shape index (κ1) is 14.1. The molecule has 96 valence electrons. The molecule has 0 aliphatic carbocycles. The number of benzene rings is 1. The fraction of sp³-hybridized carbons (Fsp3) is 0.625. The SMILES string of the molecule is CCCCCCCCNc1ccc(C)cc1C. The minimum Gasteiger partial charge on any atom is -0.385 e. The van der Waals surface area contributed by atoms with E-state index in [4.69, 9.17) is 0 Å². The number of anilines is 1. The van der Waals surface area contributed by atoms with Crippen molar-refractivity contribution in [2.75, 3.05) is 11.9 Å². The van der Waals surface area contributed by atoms with Crippen LogP contribution in [0.5, 0.6) is 0 Å². The lowest BCUT2D eigenvalue weighted by Gasteiger charge is -2.10. The fourth-order valence-corrected chi connectivity index (χ4v) is 2.14. The van der Waals surface area contributed by atoms with E-state index in [1.807, 2.05) is 0 Å². The molecule has 1 N–H and O–H groups in total. The molecule has 17 heavy (non-hydrogen) atoms. The summed E-state index contributed by atoms with van der Waals surface area (Å²) in [7, 11) is 0. The number of hydrogen-bond donors (Lipinski definition) is 1. The molecule has 0 spiro atoms. The van der Waals surface area contributed by atoms with Crippen molar-refractivity contribution in [1.29, 1.82) is 0 Å². The molecule has 0 fully saturated rings. The van der Waals surface area contributed by atoms with Crippen LogP contribution in [0.25, 0.3) is 0 Å². The molecule has 0 bridgehead atoms. The molecule has 0 saturated carbocycles. The molecule has 1 rings (SSSR count). The number of unbranched alkanes of at least 4 members (excludes halogenated alkanes) is 5. The predicted molar refractivity (Wildman–Crippen MR) is 77.8 cm³/mol. The van der Waals surface area contributed by atoms with Crippen LogP contribution in [0.3, 0.4) is 0 Å². The third-order valence-electron chi connectivity index (χ3n) is 3.23. The van der Waals surface area contributed by atoms with E-state index < -0.39 is 0 Å². The number of rotatable bonds is 8. The third kappa shape index (κ3) is 5.76. The highest BCUT2D eigenvalue weighted by Crippen LogP contribution is 2.16. The van der Waals surface area contributed by atoms with Gasteiger partial charge >= 0.3 is 0 Å². The summed E-state index contributed by atoms with van der Waals surface area (Å²) in [5, 5.41) is 3.53. The van der Waals surface area contributed by atoms with Gasteiger partial charge < -0.3 is 5.32 Å². The summed E-state index contributed by atoms with van der Waals surface area (Å²) < 4.78 is 0. The number of hydrogen-bond acceptors (Lipinski definition) is 1. The first-order valence-corrected chi connectivity index (χ1v) is 7.05. The van der Waals surface area contributed by atoms with Crippen LogP contribution >= 0.6 is 0 Å². The summed E-state index contributed by atoms with van der Waals surface area (Å²) in [6.45, 7) is 7.69. The molecule has 1 nitrogen and oxygen atoms in total. The van der Waals surface area contributed by atoms with Crippen molar-refractivity contribution < 1.29 is 0 Å². The molecule has 0 aliphatic heterocycles. The van der Waals surface area contributed by atoms with Gasteiger partial charge in [0.15, 0.2) is 0 Å². The highest BCUT2D eigenvalue weighted by Gasteiger charge is 1.97. The molecule has 1 aromatic rings. The highest BCUT2D eigenvalue weighted by molar-refractivity contribution is 5.51. The summed E-state index contributed by atoms with van der Waals surface area (Å²) in [6, 6.07) is 6.61. The smallest absolute Gasteiger partial charge is 0.0370 e. The Kier molecular flexibility index (Phi) is 6.76. The van der Waals surface area contributed by atoms with Gasteiger partial charge in [-0.1, -0.05) is 56.7 Å². The van der Waals surface area contributed by atoms with Crippen LogP contribution in [-0.2, 0) is 0 Å². The summed E-state index contributed by atoms with van der Waals surface area (Å²) in [4.78, 5) is 0. The quantitative estimate of drug-likeness (QED) is 0.618. The highest BCUT2D eigenvalue weighted by atomic mass is 14.9. The minimum absolute atomic E-state index is 1.11. The zero-order valence-electron chi connectivity index (χ0n) is 11.7. The zero-order valence-corrected chi connectivity index (χ0v) is 11.7. The van der Waals surface area contributed by atoms with E-state index in [0.717, 1.165) is 6.54 Å². The fourth-order valence-electron chi connectivity index (χ4n) is 2.14. The summed E-state index contributed by atoms with van der Waals surface area (Å²) in [5.41, 5.74) is 3.99. The molecule has 0 saturated heterocycles. The normalized spacial score (nSPS) is 10.5. The van der Waals surface area contributed by atoms with Crippen LogP contribution in [0.4, 0.5) is 5.69 Å². The molecule has 1 aromatic carbocycles. The molecule has 1 heteroatoms. The Morgan fingerprint density at radius 3 is 2.35 bits per heavy atom. The Bertz CT molecular complexity index is 317. The van der Waals surface area contributed by atoms with Gasteiger partial charge in [-0.15, -0.1) is 0 Å². The van der Waals surface area contributed by atoms with Crippen LogP contribution in [-0.4, -0.2) is 6.54 Å². The second-order valence-corrected chi connectivity index (χ2v) is 5.01. The van der Waals surface area contributed by atoms with Crippen LogP contribution in [0.1, 0.15) is 56.6 Å². The minimum atomic E-state index is 1.11. The van der Waals surface area contributed by atoms with Crippen molar-refractivity contribution >= 4 is 5.69 Å². The molecule has 0 aliphatic rings. The van der Waals surface area contributed by atoms with Crippen molar-refractivity contribution in [1.82, 2.24) is 0 Å². The maximum Gasteiger partial charge on any atom is 0.0370 e. The van der Waals surface area contributed by atoms with Crippen molar-refractivity contribution in [2.45, 2.75) is 59.3 Å². The lowest BCUT2D eigenvalue weighted by atomic mass is 10.1. The maximum absolute atomic E-state index is 3.53. The van der Waals surface area contributed by atoms with Crippen molar-refractivity contribution in [3.8, 4) is 0 Å². The summed E-state index contributed by atoms with van der Waals surface area (Å²) in [6.07, 6.45) is 8.17. The first-order valence-electron chi connectivity index (χ1n) is 7.05. The van der Waals surface area contributed by atoms with Crippen molar-refractivity contribution in [3.05, 3.63) is 29.3 Å². The van der Waals surface area contributed by atoms with Gasteiger partial charge in [0.2, 0.25) is 0 Å². The number of nitrogens with one attached hydrogen (secondary N) is 1. The van der Waals surface area contributed by atoms with E-state index in [1.54, 1.807) is 0 Å². The largest absolute Gasteiger partial charge is 0.385 e. The second-order valence-electron chi connectivity index (χ2n) is 5.01. The topological polar surface area (TPSA) is 12.0 Å². The Morgan fingerprint density at radius 2 is 1.65 bits per heavy atom. The van der Waals surface area contributed by atoms with Crippen LogP contribution in [0.15, 0.2) is 18.2 Å². The Hall–Kier alpha value is -0.980. The zero-order chi connectivity index (χ0) is 12.5. The molecule has 0 amide bonds. The van der Waals surface area contributed by atoms with Crippen LogP contribution in [0, 0.1) is 13.8 Å². The van der Waals surface area contributed by atoms with E-state index >= 15 is 0 Å². The molecular weight excluding hydrogens is 206 g/mol. The Balaban J connectivity index is 2.14. The van der Waals surface area contributed by atoms with Gasteiger partial charge in [-0.3, -0.25) is 0 Å². The van der Waals surface area contributed by atoms with Gasteiger partial charge in [0, 0.05) is 12.2 Å². The first-order chi connectivity index (χ1) is 8.24. The molecule has 0 heterocycles. The van der Waals surface area contributed by atoms with Crippen LogP contribution < -0.4 is 5.32 Å². The molecule has 0 unspecified atom stereocenters. The predicted octanol–water partition coefficient (Wildman–Crippen LogP) is 5.08. The van der Waals surface area contributed by atoms with E-state index in [1.165, 1.54) is 55.3 Å². The molecular formula is C16H27N. The molecule has 0 radical (unpaired) electrons. The Labute approximate surface area is 107 Å². The average Bonchev–Trinajstić information content (AvgIpc) is 2.30. The second kappa shape index (κ2) is 8.16. The molecule has 0 atom stereocenters. The molecule has 0 aromatic heterocycles. The van der Waals surface area contributed by atoms with E-state index in [2.05, 4.69) is 44.3 Å². The number of aryl methyl sites for hydroxylation is 2. The Morgan fingerprint density at radius 1 is 0.941 bits per heavy atom. The van der Waals surface area contributed by atoms with E-state index in [-0.39, 0.29) is 0 Å². The monoisotopic (exact) mass is 233 g/mol. The summed E-state index contributed by atoms with van der Waals surface area (Å²) >= 11 is 0. The van der Waals surface area contributed by atoms with Crippen LogP contribution in [0.2, 0.25) is 0 Å². The van der Waals surface area contributed by atoms with Gasteiger partial charge in [-0.25, -0.2) is 0 Å². The average molecular weight is 233 g/mol. The van der Waals surface area contributed by atoms with Gasteiger partial charge in [0.1, 0.15) is 0 Å². The summed E-state index contributed by atoms with van der Waals surface area (Å²) in [5.74, 6) is 0. The standard InChI is InChI=1S/C16H27N/c1-4-5-6-7-8-9-12-17-16-11-10-14(2)13-15(16)3/h10-11,13,17H,4-9,12H2,1-3H3. The lowest BCUT2D eigenvalue weighted by Crippen LogP contribution is -2.03. The third-order valence-corrected chi connectivity index (χ3v) is 3.23. The van der Waals surface area contributed by atoms with Gasteiger partial charge in [0.05, 0.1) is 0 Å². The maximum atomic E-state index is 3.53. The van der Waals surface area contributed by atoms with Crippen molar-refractivity contribution in [2.24, 2.45) is 0 Å². The lowest BCUT2D eigenvalue weighted by molar-refractivity contribution is 0.617. The van der Waals surface area contributed by atoms with Gasteiger partial charge in [0.25, 0.3) is 0 Å². The van der Waals surface area contributed by atoms with Gasteiger partial charge in [-0.2, -0.15) is 0 Å².